The van der Waals surface area contributed by atoms with Crippen LogP contribution in [0.15, 0.2) is 71.6 Å². The SMILES string of the molecule is COc1ccc(C)cc1S(=O)(=O)N(CC(=O)Nc1c(Cl)cccc1Cl)Cc1ccccc1. The highest BCUT2D eigenvalue weighted by molar-refractivity contribution is 7.89. The van der Waals surface area contributed by atoms with E-state index in [-0.39, 0.29) is 32.9 Å². The Morgan fingerprint density at radius 3 is 2.28 bits per heavy atom. The Morgan fingerprint density at radius 1 is 1.00 bits per heavy atom. The first kappa shape index (κ1) is 24.1. The van der Waals surface area contributed by atoms with Crippen molar-refractivity contribution in [3.05, 3.63) is 87.9 Å². The number of nitrogens with one attached hydrogen (secondary N) is 1. The van der Waals surface area contributed by atoms with E-state index < -0.39 is 22.5 Å². The van der Waals surface area contributed by atoms with Crippen LogP contribution in [-0.4, -0.2) is 32.3 Å². The normalized spacial score (nSPS) is 11.4. The molecule has 3 aromatic carbocycles. The number of hydrogen-bond acceptors (Lipinski definition) is 4. The topological polar surface area (TPSA) is 75.7 Å². The number of halogens is 2. The Hall–Kier alpha value is -2.58. The molecule has 0 atom stereocenters. The van der Waals surface area contributed by atoms with Crippen molar-refractivity contribution in [3.8, 4) is 5.75 Å². The predicted octanol–water partition coefficient (Wildman–Crippen LogP) is 5.14. The van der Waals surface area contributed by atoms with Crippen molar-refractivity contribution in [3.63, 3.8) is 0 Å². The molecule has 0 aliphatic heterocycles. The van der Waals surface area contributed by atoms with Gasteiger partial charge in [0, 0.05) is 6.54 Å². The number of aryl methyl sites for hydroxylation is 1. The molecule has 32 heavy (non-hydrogen) atoms. The summed E-state index contributed by atoms with van der Waals surface area (Å²) in [5.74, 6) is -0.380. The maximum atomic E-state index is 13.6. The summed E-state index contributed by atoms with van der Waals surface area (Å²) >= 11 is 12.3. The summed E-state index contributed by atoms with van der Waals surface area (Å²) in [6.07, 6.45) is 0. The highest BCUT2D eigenvalue weighted by Gasteiger charge is 2.30. The summed E-state index contributed by atoms with van der Waals surface area (Å²) in [7, 11) is -2.69. The summed E-state index contributed by atoms with van der Waals surface area (Å²) in [5.41, 5.74) is 1.70. The number of para-hydroxylation sites is 1. The molecule has 9 heteroatoms. The molecule has 0 bridgehead atoms. The van der Waals surface area contributed by atoms with Gasteiger partial charge in [0.2, 0.25) is 15.9 Å². The number of hydrogen-bond donors (Lipinski definition) is 1. The molecule has 0 aromatic heterocycles. The molecule has 0 spiro atoms. The number of ether oxygens (including phenoxy) is 1. The van der Waals surface area contributed by atoms with Crippen molar-refractivity contribution in [2.24, 2.45) is 0 Å². The van der Waals surface area contributed by atoms with Gasteiger partial charge in [-0.2, -0.15) is 4.31 Å². The van der Waals surface area contributed by atoms with Crippen LogP contribution in [0.3, 0.4) is 0 Å². The van der Waals surface area contributed by atoms with E-state index in [1.807, 2.05) is 6.07 Å². The Labute approximate surface area is 197 Å². The fraction of sp³-hybridized carbons (Fsp3) is 0.174. The molecule has 1 amide bonds. The van der Waals surface area contributed by atoms with Gasteiger partial charge in [0.25, 0.3) is 0 Å². The Balaban J connectivity index is 1.97. The van der Waals surface area contributed by atoms with Gasteiger partial charge in [0.15, 0.2) is 0 Å². The highest BCUT2D eigenvalue weighted by Crippen LogP contribution is 2.31. The van der Waals surface area contributed by atoms with Gasteiger partial charge >= 0.3 is 0 Å². The van der Waals surface area contributed by atoms with Crippen LogP contribution in [0.2, 0.25) is 10.0 Å². The molecular weight excluding hydrogens is 471 g/mol. The molecule has 0 fully saturated rings. The van der Waals surface area contributed by atoms with Crippen molar-refractivity contribution in [1.29, 1.82) is 0 Å². The van der Waals surface area contributed by atoms with E-state index >= 15 is 0 Å². The van der Waals surface area contributed by atoms with Gasteiger partial charge in [-0.05, 0) is 42.3 Å². The molecule has 1 N–H and O–H groups in total. The van der Waals surface area contributed by atoms with Crippen molar-refractivity contribution in [2.45, 2.75) is 18.4 Å². The number of benzene rings is 3. The molecule has 0 aliphatic carbocycles. The third kappa shape index (κ3) is 5.61. The number of methoxy groups -OCH3 is 1. The third-order valence-corrected chi connectivity index (χ3v) is 7.13. The zero-order valence-corrected chi connectivity index (χ0v) is 19.8. The van der Waals surface area contributed by atoms with Crippen LogP contribution in [0, 0.1) is 6.92 Å². The van der Waals surface area contributed by atoms with E-state index in [2.05, 4.69) is 5.32 Å². The molecule has 0 saturated heterocycles. The number of nitrogens with zero attached hydrogens (tertiary/aromatic N) is 1. The van der Waals surface area contributed by atoms with E-state index in [1.54, 1.807) is 61.5 Å². The molecule has 0 saturated carbocycles. The number of rotatable bonds is 8. The molecule has 0 aliphatic rings. The number of carbonyl (C=O) groups excluding carboxylic acids is 1. The summed E-state index contributed by atoms with van der Waals surface area (Å²) < 4.78 is 33.6. The fourth-order valence-corrected chi connectivity index (χ4v) is 5.21. The standard InChI is InChI=1S/C23H22Cl2N2O4S/c1-16-11-12-20(31-2)21(13-16)32(29,30)27(14-17-7-4-3-5-8-17)15-22(28)26-23-18(24)9-6-10-19(23)25/h3-13H,14-15H2,1-2H3,(H,26,28). The lowest BCUT2D eigenvalue weighted by molar-refractivity contribution is -0.116. The van der Waals surface area contributed by atoms with Crippen molar-refractivity contribution >= 4 is 44.8 Å². The van der Waals surface area contributed by atoms with Gasteiger partial charge in [-0.25, -0.2) is 8.42 Å². The average molecular weight is 493 g/mol. The third-order valence-electron chi connectivity index (χ3n) is 4.69. The molecule has 3 rings (SSSR count). The molecule has 0 heterocycles. The molecule has 0 radical (unpaired) electrons. The van der Waals surface area contributed by atoms with Crippen LogP contribution < -0.4 is 10.1 Å². The average Bonchev–Trinajstić information content (AvgIpc) is 2.76. The number of amides is 1. The summed E-state index contributed by atoms with van der Waals surface area (Å²) in [4.78, 5) is 12.8. The number of anilines is 1. The first-order chi connectivity index (χ1) is 15.2. The van der Waals surface area contributed by atoms with Crippen molar-refractivity contribution in [2.75, 3.05) is 19.0 Å². The van der Waals surface area contributed by atoms with Crippen LogP contribution in [-0.2, 0) is 21.4 Å². The molecular formula is C23H22Cl2N2O4S. The van der Waals surface area contributed by atoms with E-state index in [4.69, 9.17) is 27.9 Å². The van der Waals surface area contributed by atoms with Gasteiger partial charge in [-0.3, -0.25) is 4.79 Å². The Kier molecular flexibility index (Phi) is 7.79. The highest BCUT2D eigenvalue weighted by atomic mass is 35.5. The minimum Gasteiger partial charge on any atom is -0.495 e. The molecule has 3 aromatic rings. The van der Waals surface area contributed by atoms with Crippen LogP contribution in [0.25, 0.3) is 0 Å². The number of sulfonamides is 1. The van der Waals surface area contributed by atoms with Crippen molar-refractivity contribution < 1.29 is 17.9 Å². The van der Waals surface area contributed by atoms with E-state index in [1.165, 1.54) is 13.2 Å². The quantitative estimate of drug-likeness (QED) is 0.472. The minimum atomic E-state index is -4.09. The number of carbonyl (C=O) groups is 1. The van der Waals surface area contributed by atoms with Crippen molar-refractivity contribution in [1.82, 2.24) is 4.31 Å². The second-order valence-corrected chi connectivity index (χ2v) is 9.78. The van der Waals surface area contributed by atoms with Crippen LogP contribution in [0.5, 0.6) is 5.75 Å². The summed E-state index contributed by atoms with van der Waals surface area (Å²) in [6.45, 7) is 1.33. The Morgan fingerprint density at radius 2 is 1.66 bits per heavy atom. The maximum Gasteiger partial charge on any atom is 0.247 e. The summed E-state index contributed by atoms with van der Waals surface area (Å²) in [5, 5.41) is 3.12. The minimum absolute atomic E-state index is 0.00998. The van der Waals surface area contributed by atoms with Gasteiger partial charge < -0.3 is 10.1 Å². The first-order valence-corrected chi connectivity index (χ1v) is 11.8. The fourth-order valence-electron chi connectivity index (χ4n) is 3.09. The second-order valence-electron chi connectivity index (χ2n) is 7.06. The molecule has 0 unspecified atom stereocenters. The van der Waals surface area contributed by atoms with E-state index in [0.29, 0.717) is 0 Å². The zero-order valence-electron chi connectivity index (χ0n) is 17.5. The predicted molar refractivity (Wildman–Crippen MR) is 127 cm³/mol. The lowest BCUT2D eigenvalue weighted by Crippen LogP contribution is -2.37. The zero-order chi connectivity index (χ0) is 23.3. The second kappa shape index (κ2) is 10.4. The molecule has 168 valence electrons. The lowest BCUT2D eigenvalue weighted by atomic mass is 10.2. The smallest absolute Gasteiger partial charge is 0.247 e. The maximum absolute atomic E-state index is 13.6. The van der Waals surface area contributed by atoms with Crippen LogP contribution >= 0.6 is 23.2 Å². The lowest BCUT2D eigenvalue weighted by Gasteiger charge is -2.23. The van der Waals surface area contributed by atoms with Gasteiger partial charge in [-0.15, -0.1) is 0 Å². The largest absolute Gasteiger partial charge is 0.495 e. The monoisotopic (exact) mass is 492 g/mol. The van der Waals surface area contributed by atoms with Crippen LogP contribution in [0.4, 0.5) is 5.69 Å². The molecule has 6 nitrogen and oxygen atoms in total. The first-order valence-electron chi connectivity index (χ1n) is 9.65. The van der Waals surface area contributed by atoms with Crippen LogP contribution in [0.1, 0.15) is 11.1 Å². The van der Waals surface area contributed by atoms with Gasteiger partial charge in [0.1, 0.15) is 10.6 Å². The van der Waals surface area contributed by atoms with E-state index in [9.17, 15) is 13.2 Å². The van der Waals surface area contributed by atoms with E-state index in [0.717, 1.165) is 15.4 Å². The Bertz CT molecular complexity index is 1200. The van der Waals surface area contributed by atoms with Gasteiger partial charge in [0.05, 0.1) is 29.4 Å². The van der Waals surface area contributed by atoms with Gasteiger partial charge in [-0.1, -0.05) is 65.7 Å². The summed E-state index contributed by atoms with van der Waals surface area (Å²) in [6, 6.07) is 18.7.